The van der Waals surface area contributed by atoms with Crippen molar-refractivity contribution in [2.45, 2.75) is 26.7 Å². The van der Waals surface area contributed by atoms with Gasteiger partial charge < -0.3 is 14.9 Å². The molecule has 1 fully saturated rings. The van der Waals surface area contributed by atoms with Gasteiger partial charge in [-0.25, -0.2) is 0 Å². The highest BCUT2D eigenvalue weighted by molar-refractivity contribution is 5.94. The number of rotatable bonds is 4. The quantitative estimate of drug-likeness (QED) is 0.927. The molecular weight excluding hydrogens is 280 g/mol. The first-order chi connectivity index (χ1) is 10.6. The van der Waals surface area contributed by atoms with Crippen molar-refractivity contribution in [2.24, 2.45) is 5.92 Å². The number of aromatic hydroxyl groups is 1. The molecule has 120 valence electrons. The van der Waals surface area contributed by atoms with Gasteiger partial charge in [-0.3, -0.25) is 9.59 Å². The number of hydrogen-bond donors (Lipinski definition) is 1. The first kappa shape index (κ1) is 16.3. The smallest absolute Gasteiger partial charge is 0.254 e. The van der Waals surface area contributed by atoms with Crippen LogP contribution < -0.4 is 0 Å². The highest BCUT2D eigenvalue weighted by atomic mass is 16.3. The van der Waals surface area contributed by atoms with E-state index in [1.54, 1.807) is 23.1 Å². The van der Waals surface area contributed by atoms with Gasteiger partial charge in [-0.05, 0) is 31.0 Å². The summed E-state index contributed by atoms with van der Waals surface area (Å²) in [6.45, 7) is 6.32. The van der Waals surface area contributed by atoms with Crippen LogP contribution in [0.1, 0.15) is 37.0 Å². The van der Waals surface area contributed by atoms with Crippen LogP contribution in [-0.2, 0) is 4.79 Å². The number of phenolic OH excluding ortho intramolecular Hbond substituents is 1. The van der Waals surface area contributed by atoms with E-state index >= 15 is 0 Å². The van der Waals surface area contributed by atoms with Gasteiger partial charge in [0.25, 0.3) is 5.91 Å². The molecule has 2 rings (SSSR count). The van der Waals surface area contributed by atoms with E-state index in [1.165, 1.54) is 6.07 Å². The fourth-order valence-corrected chi connectivity index (χ4v) is 2.85. The van der Waals surface area contributed by atoms with Crippen molar-refractivity contribution < 1.29 is 14.7 Å². The summed E-state index contributed by atoms with van der Waals surface area (Å²) in [5.74, 6) is 0.293. The van der Waals surface area contributed by atoms with Gasteiger partial charge in [0.1, 0.15) is 5.75 Å². The zero-order chi connectivity index (χ0) is 16.1. The minimum Gasteiger partial charge on any atom is -0.508 e. The van der Waals surface area contributed by atoms with E-state index in [0.717, 1.165) is 12.8 Å². The van der Waals surface area contributed by atoms with Gasteiger partial charge in [0.15, 0.2) is 0 Å². The zero-order valence-electron chi connectivity index (χ0n) is 13.3. The molecule has 0 atom stereocenters. The minimum atomic E-state index is -0.0921. The predicted octanol–water partition coefficient (Wildman–Crippen LogP) is 2.11. The Hall–Kier alpha value is -2.04. The average molecular weight is 304 g/mol. The van der Waals surface area contributed by atoms with Gasteiger partial charge in [0.2, 0.25) is 5.91 Å². The topological polar surface area (TPSA) is 60.9 Å². The number of phenols is 1. The third kappa shape index (κ3) is 3.59. The number of hydrogen-bond acceptors (Lipinski definition) is 3. The summed E-state index contributed by atoms with van der Waals surface area (Å²) in [4.78, 5) is 28.3. The molecule has 5 heteroatoms. The van der Waals surface area contributed by atoms with Crippen molar-refractivity contribution >= 4 is 11.8 Å². The molecule has 22 heavy (non-hydrogen) atoms. The Labute approximate surface area is 131 Å². The zero-order valence-corrected chi connectivity index (χ0v) is 13.3. The van der Waals surface area contributed by atoms with E-state index < -0.39 is 0 Å². The number of amides is 2. The summed E-state index contributed by atoms with van der Waals surface area (Å²) >= 11 is 0. The van der Waals surface area contributed by atoms with Crippen LogP contribution in [0, 0.1) is 5.92 Å². The number of benzene rings is 1. The number of carbonyl (C=O) groups excluding carboxylic acids is 2. The second kappa shape index (κ2) is 7.29. The van der Waals surface area contributed by atoms with Crippen molar-refractivity contribution in [2.75, 3.05) is 26.2 Å². The number of piperazine rings is 1. The van der Waals surface area contributed by atoms with Crippen LogP contribution in [0.25, 0.3) is 0 Å². The first-order valence-electron chi connectivity index (χ1n) is 7.93. The molecule has 0 aromatic heterocycles. The SMILES string of the molecule is CCC(CC)C(=O)N1CCN(C(=O)c2cccc(O)c2)CC1. The molecule has 1 aromatic carbocycles. The maximum absolute atomic E-state index is 12.4. The molecule has 0 unspecified atom stereocenters. The number of nitrogens with zero attached hydrogens (tertiary/aromatic N) is 2. The summed E-state index contributed by atoms with van der Waals surface area (Å²) in [5, 5.41) is 9.47. The van der Waals surface area contributed by atoms with Gasteiger partial charge in [0.05, 0.1) is 0 Å². The third-order valence-electron chi connectivity index (χ3n) is 4.31. The van der Waals surface area contributed by atoms with Gasteiger partial charge >= 0.3 is 0 Å². The molecule has 0 spiro atoms. The third-order valence-corrected chi connectivity index (χ3v) is 4.31. The van der Waals surface area contributed by atoms with Gasteiger partial charge in [-0.15, -0.1) is 0 Å². The van der Waals surface area contributed by atoms with Crippen molar-refractivity contribution in [3.05, 3.63) is 29.8 Å². The van der Waals surface area contributed by atoms with Gasteiger partial charge in [0, 0.05) is 37.7 Å². The van der Waals surface area contributed by atoms with Crippen LogP contribution in [0.4, 0.5) is 0 Å². The van der Waals surface area contributed by atoms with Crippen LogP contribution in [0.15, 0.2) is 24.3 Å². The monoisotopic (exact) mass is 304 g/mol. The molecule has 1 saturated heterocycles. The first-order valence-corrected chi connectivity index (χ1v) is 7.93. The molecule has 5 nitrogen and oxygen atoms in total. The predicted molar refractivity (Wildman–Crippen MR) is 84.7 cm³/mol. The summed E-state index contributed by atoms with van der Waals surface area (Å²) in [5.41, 5.74) is 0.486. The fraction of sp³-hybridized carbons (Fsp3) is 0.529. The lowest BCUT2D eigenvalue weighted by Crippen LogP contribution is -2.51. The van der Waals surface area contributed by atoms with Crippen LogP contribution >= 0.6 is 0 Å². The van der Waals surface area contributed by atoms with Crippen LogP contribution in [0.5, 0.6) is 5.75 Å². The van der Waals surface area contributed by atoms with E-state index in [2.05, 4.69) is 0 Å². The Kier molecular flexibility index (Phi) is 5.41. The van der Waals surface area contributed by atoms with E-state index in [9.17, 15) is 14.7 Å². The van der Waals surface area contributed by atoms with Crippen LogP contribution in [-0.4, -0.2) is 52.9 Å². The molecule has 0 bridgehead atoms. The van der Waals surface area contributed by atoms with E-state index in [4.69, 9.17) is 0 Å². The second-order valence-corrected chi connectivity index (χ2v) is 5.68. The van der Waals surface area contributed by atoms with Crippen LogP contribution in [0.3, 0.4) is 0 Å². The lowest BCUT2D eigenvalue weighted by molar-refractivity contribution is -0.137. The summed E-state index contributed by atoms with van der Waals surface area (Å²) in [6, 6.07) is 6.38. The Morgan fingerprint density at radius 1 is 1.09 bits per heavy atom. The van der Waals surface area contributed by atoms with Crippen molar-refractivity contribution in [3.63, 3.8) is 0 Å². The highest BCUT2D eigenvalue weighted by Crippen LogP contribution is 2.17. The molecule has 1 heterocycles. The van der Waals surface area contributed by atoms with Gasteiger partial charge in [-0.1, -0.05) is 19.9 Å². The normalized spacial score (nSPS) is 15.2. The van der Waals surface area contributed by atoms with E-state index in [0.29, 0.717) is 31.7 Å². The highest BCUT2D eigenvalue weighted by Gasteiger charge is 2.27. The lowest BCUT2D eigenvalue weighted by Gasteiger charge is -2.36. The lowest BCUT2D eigenvalue weighted by atomic mass is 10.0. The molecule has 0 aliphatic carbocycles. The minimum absolute atomic E-state index is 0.0910. The van der Waals surface area contributed by atoms with Crippen molar-refractivity contribution in [1.29, 1.82) is 0 Å². The molecule has 1 N–H and O–H groups in total. The largest absolute Gasteiger partial charge is 0.508 e. The molecule has 0 radical (unpaired) electrons. The Bertz CT molecular complexity index is 532. The van der Waals surface area contributed by atoms with E-state index in [1.807, 2.05) is 18.7 Å². The Morgan fingerprint density at radius 2 is 1.68 bits per heavy atom. The standard InChI is InChI=1S/C17H24N2O3/c1-3-13(4-2)16(21)18-8-10-19(11-9-18)17(22)14-6-5-7-15(20)12-14/h5-7,12-13,20H,3-4,8-11H2,1-2H3. The van der Waals surface area contributed by atoms with Crippen molar-refractivity contribution in [3.8, 4) is 5.75 Å². The molecule has 1 aliphatic rings. The summed E-state index contributed by atoms with van der Waals surface area (Å²) in [7, 11) is 0. The Balaban J connectivity index is 1.94. The van der Waals surface area contributed by atoms with Gasteiger partial charge in [-0.2, -0.15) is 0 Å². The summed E-state index contributed by atoms with van der Waals surface area (Å²) in [6.07, 6.45) is 1.72. The fourth-order valence-electron chi connectivity index (χ4n) is 2.85. The van der Waals surface area contributed by atoms with Crippen LogP contribution in [0.2, 0.25) is 0 Å². The molecule has 0 saturated carbocycles. The molecule has 1 aliphatic heterocycles. The van der Waals surface area contributed by atoms with E-state index in [-0.39, 0.29) is 23.5 Å². The average Bonchev–Trinajstić information content (AvgIpc) is 2.55. The number of carbonyl (C=O) groups is 2. The maximum atomic E-state index is 12.4. The maximum Gasteiger partial charge on any atom is 0.254 e. The summed E-state index contributed by atoms with van der Waals surface area (Å²) < 4.78 is 0. The molecule has 2 amide bonds. The van der Waals surface area contributed by atoms with Crippen molar-refractivity contribution in [1.82, 2.24) is 9.80 Å². The molecule has 1 aromatic rings. The molecular formula is C17H24N2O3. The second-order valence-electron chi connectivity index (χ2n) is 5.68. The Morgan fingerprint density at radius 3 is 2.23 bits per heavy atom.